The molecule has 2 N–H and O–H groups in total. The molecule has 1 fully saturated rings. The van der Waals surface area contributed by atoms with Gasteiger partial charge in [-0.25, -0.2) is 0 Å². The summed E-state index contributed by atoms with van der Waals surface area (Å²) in [4.78, 5) is 11.5. The Bertz CT molecular complexity index is 320. The fourth-order valence-corrected chi connectivity index (χ4v) is 2.25. The third kappa shape index (κ3) is 4.33. The number of amides is 1. The molecule has 0 aromatic carbocycles. The Hall–Kier alpha value is -0.870. The Morgan fingerprint density at radius 3 is 3.00 bits per heavy atom. The predicted octanol–water partition coefficient (Wildman–Crippen LogP) is 1.55. The Kier molecular flexibility index (Phi) is 4.36. The van der Waals surface area contributed by atoms with Gasteiger partial charge in [0.15, 0.2) is 0 Å². The topological polar surface area (TPSA) is 41.1 Å². The lowest BCUT2D eigenvalue weighted by Gasteiger charge is -2.05. The van der Waals surface area contributed by atoms with E-state index < -0.39 is 0 Å². The Morgan fingerprint density at radius 1 is 1.44 bits per heavy atom. The van der Waals surface area contributed by atoms with Crippen LogP contribution in [0.25, 0.3) is 0 Å². The van der Waals surface area contributed by atoms with Crippen LogP contribution in [0.4, 0.5) is 0 Å². The largest absolute Gasteiger partial charge is 0.355 e. The van der Waals surface area contributed by atoms with Gasteiger partial charge < -0.3 is 10.6 Å². The minimum Gasteiger partial charge on any atom is -0.355 e. The summed E-state index contributed by atoms with van der Waals surface area (Å²) in [7, 11) is 0. The van der Waals surface area contributed by atoms with Crippen LogP contribution in [0.1, 0.15) is 24.8 Å². The highest BCUT2D eigenvalue weighted by Crippen LogP contribution is 2.17. The highest BCUT2D eigenvalue weighted by atomic mass is 32.1. The SMILES string of the molecule is O=C(CCc1ccsc1)NCCNC1CC1. The van der Waals surface area contributed by atoms with E-state index in [0.29, 0.717) is 6.42 Å². The first-order chi connectivity index (χ1) is 7.84. The standard InChI is InChI=1S/C12H18N2OS/c15-12(4-1-10-5-8-16-9-10)14-7-6-13-11-2-3-11/h5,8-9,11,13H,1-4,6-7H2,(H,14,15). The monoisotopic (exact) mass is 238 g/mol. The van der Waals surface area contributed by atoms with Crippen LogP contribution < -0.4 is 10.6 Å². The number of carbonyl (C=O) groups excluding carboxylic acids is 1. The molecule has 0 atom stereocenters. The maximum atomic E-state index is 11.5. The highest BCUT2D eigenvalue weighted by Gasteiger charge is 2.19. The molecule has 0 aliphatic heterocycles. The Balaban J connectivity index is 1.50. The number of hydrogen-bond acceptors (Lipinski definition) is 3. The second kappa shape index (κ2) is 6.01. The van der Waals surface area contributed by atoms with Crippen LogP contribution in [0.2, 0.25) is 0 Å². The van der Waals surface area contributed by atoms with E-state index in [0.717, 1.165) is 25.6 Å². The minimum absolute atomic E-state index is 0.156. The van der Waals surface area contributed by atoms with Gasteiger partial charge in [0.25, 0.3) is 0 Å². The van der Waals surface area contributed by atoms with Gasteiger partial charge >= 0.3 is 0 Å². The van der Waals surface area contributed by atoms with Gasteiger partial charge in [-0.15, -0.1) is 0 Å². The third-order valence-corrected chi connectivity index (χ3v) is 3.41. The molecular weight excluding hydrogens is 220 g/mol. The van der Waals surface area contributed by atoms with Crippen molar-refractivity contribution < 1.29 is 4.79 Å². The molecule has 1 aliphatic rings. The van der Waals surface area contributed by atoms with E-state index >= 15 is 0 Å². The molecule has 2 rings (SSSR count). The van der Waals surface area contributed by atoms with Crippen molar-refractivity contribution in [2.24, 2.45) is 0 Å². The molecule has 1 heterocycles. The van der Waals surface area contributed by atoms with Crippen LogP contribution in [0.15, 0.2) is 16.8 Å². The van der Waals surface area contributed by atoms with E-state index in [1.54, 1.807) is 11.3 Å². The molecule has 88 valence electrons. The summed E-state index contributed by atoms with van der Waals surface area (Å²) in [5, 5.41) is 10.4. The van der Waals surface area contributed by atoms with Crippen molar-refractivity contribution in [1.29, 1.82) is 0 Å². The third-order valence-electron chi connectivity index (χ3n) is 2.68. The summed E-state index contributed by atoms with van der Waals surface area (Å²) < 4.78 is 0. The molecular formula is C12H18N2OS. The molecule has 0 saturated heterocycles. The zero-order valence-electron chi connectivity index (χ0n) is 9.37. The average Bonchev–Trinajstić information content (AvgIpc) is 2.96. The summed E-state index contributed by atoms with van der Waals surface area (Å²) >= 11 is 1.68. The van der Waals surface area contributed by atoms with Crippen molar-refractivity contribution in [3.8, 4) is 0 Å². The van der Waals surface area contributed by atoms with Crippen LogP contribution in [0.5, 0.6) is 0 Å². The fourth-order valence-electron chi connectivity index (χ4n) is 1.55. The van der Waals surface area contributed by atoms with Crippen molar-refractivity contribution in [2.75, 3.05) is 13.1 Å². The summed E-state index contributed by atoms with van der Waals surface area (Å²) in [5.41, 5.74) is 1.26. The van der Waals surface area contributed by atoms with Crippen molar-refractivity contribution >= 4 is 17.2 Å². The summed E-state index contributed by atoms with van der Waals surface area (Å²) in [5.74, 6) is 0.156. The van der Waals surface area contributed by atoms with E-state index in [4.69, 9.17) is 0 Å². The van der Waals surface area contributed by atoms with E-state index in [-0.39, 0.29) is 5.91 Å². The summed E-state index contributed by atoms with van der Waals surface area (Å²) in [6, 6.07) is 2.80. The Morgan fingerprint density at radius 2 is 2.31 bits per heavy atom. The molecule has 0 radical (unpaired) electrons. The van der Waals surface area contributed by atoms with Crippen molar-refractivity contribution in [2.45, 2.75) is 31.7 Å². The van der Waals surface area contributed by atoms with Gasteiger partial charge in [0.1, 0.15) is 0 Å². The van der Waals surface area contributed by atoms with Crippen molar-refractivity contribution in [3.63, 3.8) is 0 Å². The van der Waals surface area contributed by atoms with E-state index in [1.807, 2.05) is 5.38 Å². The lowest BCUT2D eigenvalue weighted by molar-refractivity contribution is -0.121. The molecule has 1 aliphatic carbocycles. The molecule has 0 spiro atoms. The first-order valence-corrected chi connectivity index (χ1v) is 6.80. The van der Waals surface area contributed by atoms with E-state index in [2.05, 4.69) is 22.1 Å². The fraction of sp³-hybridized carbons (Fsp3) is 0.583. The number of thiophene rings is 1. The number of hydrogen-bond donors (Lipinski definition) is 2. The summed E-state index contributed by atoms with van der Waals surface area (Å²) in [6.45, 7) is 1.65. The molecule has 0 unspecified atom stereocenters. The number of rotatable bonds is 7. The number of nitrogens with one attached hydrogen (secondary N) is 2. The predicted molar refractivity (Wildman–Crippen MR) is 66.7 cm³/mol. The van der Waals surface area contributed by atoms with E-state index in [1.165, 1.54) is 18.4 Å². The van der Waals surface area contributed by atoms with Gasteiger partial charge in [0, 0.05) is 25.6 Å². The smallest absolute Gasteiger partial charge is 0.220 e. The average molecular weight is 238 g/mol. The van der Waals surface area contributed by atoms with Gasteiger partial charge in [-0.1, -0.05) is 0 Å². The molecule has 3 nitrogen and oxygen atoms in total. The normalized spacial score (nSPS) is 15.0. The van der Waals surface area contributed by atoms with Crippen molar-refractivity contribution in [1.82, 2.24) is 10.6 Å². The Labute approximate surface area is 100 Å². The lowest BCUT2D eigenvalue weighted by Crippen LogP contribution is -2.32. The molecule has 1 amide bonds. The molecule has 0 bridgehead atoms. The summed E-state index contributed by atoms with van der Waals surface area (Å²) in [6.07, 6.45) is 4.05. The van der Waals surface area contributed by atoms with Crippen LogP contribution in [0.3, 0.4) is 0 Å². The van der Waals surface area contributed by atoms with Gasteiger partial charge in [-0.2, -0.15) is 11.3 Å². The highest BCUT2D eigenvalue weighted by molar-refractivity contribution is 7.07. The van der Waals surface area contributed by atoms with Crippen LogP contribution in [-0.4, -0.2) is 25.0 Å². The maximum absolute atomic E-state index is 11.5. The first kappa shape index (κ1) is 11.6. The molecule has 4 heteroatoms. The molecule has 1 aromatic rings. The number of aryl methyl sites for hydroxylation is 1. The molecule has 1 saturated carbocycles. The minimum atomic E-state index is 0.156. The zero-order chi connectivity index (χ0) is 11.2. The molecule has 1 aromatic heterocycles. The maximum Gasteiger partial charge on any atom is 0.220 e. The van der Waals surface area contributed by atoms with Crippen LogP contribution >= 0.6 is 11.3 Å². The second-order valence-corrected chi connectivity index (χ2v) is 4.99. The van der Waals surface area contributed by atoms with Gasteiger partial charge in [0.05, 0.1) is 0 Å². The second-order valence-electron chi connectivity index (χ2n) is 4.21. The van der Waals surface area contributed by atoms with Crippen LogP contribution in [-0.2, 0) is 11.2 Å². The van der Waals surface area contributed by atoms with E-state index in [9.17, 15) is 4.79 Å². The lowest BCUT2D eigenvalue weighted by atomic mass is 10.2. The first-order valence-electron chi connectivity index (χ1n) is 5.86. The van der Waals surface area contributed by atoms with Crippen molar-refractivity contribution in [3.05, 3.63) is 22.4 Å². The quantitative estimate of drug-likeness (QED) is 0.708. The van der Waals surface area contributed by atoms with Gasteiger partial charge in [0.2, 0.25) is 5.91 Å². The zero-order valence-corrected chi connectivity index (χ0v) is 10.2. The van der Waals surface area contributed by atoms with Crippen LogP contribution in [0, 0.1) is 0 Å². The number of carbonyl (C=O) groups is 1. The molecule has 16 heavy (non-hydrogen) atoms. The van der Waals surface area contributed by atoms with Gasteiger partial charge in [-0.05, 0) is 41.7 Å². The van der Waals surface area contributed by atoms with Gasteiger partial charge in [-0.3, -0.25) is 4.79 Å².